The molecule has 1 atom stereocenters. The number of aromatic nitrogens is 2. The van der Waals surface area contributed by atoms with Gasteiger partial charge in [-0.1, -0.05) is 0 Å². The molecule has 0 aliphatic carbocycles. The van der Waals surface area contributed by atoms with E-state index in [1.165, 1.54) is 0 Å². The summed E-state index contributed by atoms with van der Waals surface area (Å²) in [5.41, 5.74) is 1.93. The van der Waals surface area contributed by atoms with E-state index in [0.717, 1.165) is 29.3 Å². The first kappa shape index (κ1) is 11.6. The summed E-state index contributed by atoms with van der Waals surface area (Å²) in [5, 5.41) is 9.25. The SMILES string of the molecule is Cc1ccn2c(C3CCSC3)nc(C(=O)O)c2c1. The van der Waals surface area contributed by atoms with E-state index in [-0.39, 0.29) is 5.69 Å². The molecule has 0 radical (unpaired) electrons. The molecule has 94 valence electrons. The Balaban J connectivity index is 2.22. The molecule has 1 unspecified atom stereocenters. The predicted molar refractivity (Wildman–Crippen MR) is 71.6 cm³/mol. The largest absolute Gasteiger partial charge is 0.476 e. The average Bonchev–Trinajstić information content (AvgIpc) is 2.93. The highest BCUT2D eigenvalue weighted by molar-refractivity contribution is 7.99. The summed E-state index contributed by atoms with van der Waals surface area (Å²) in [5.74, 6) is 2.49. The first-order valence-electron chi connectivity index (χ1n) is 5.96. The molecule has 1 aliphatic rings. The Morgan fingerprint density at radius 2 is 2.44 bits per heavy atom. The van der Waals surface area contributed by atoms with Crippen LogP contribution in [0.2, 0.25) is 0 Å². The van der Waals surface area contributed by atoms with Crippen molar-refractivity contribution in [3.8, 4) is 0 Å². The van der Waals surface area contributed by atoms with Gasteiger partial charge in [-0.15, -0.1) is 0 Å². The second-order valence-electron chi connectivity index (χ2n) is 4.64. The van der Waals surface area contributed by atoms with Crippen molar-refractivity contribution in [2.24, 2.45) is 0 Å². The van der Waals surface area contributed by atoms with Gasteiger partial charge in [-0.05, 0) is 36.8 Å². The first-order chi connectivity index (χ1) is 8.66. The number of carbonyl (C=O) groups is 1. The zero-order valence-corrected chi connectivity index (χ0v) is 10.9. The standard InChI is InChI=1S/C13H14N2O2S/c1-8-2-4-15-10(6-8)11(13(16)17)14-12(15)9-3-5-18-7-9/h2,4,6,9H,3,5,7H2,1H3,(H,16,17). The summed E-state index contributed by atoms with van der Waals surface area (Å²) in [4.78, 5) is 15.6. The Morgan fingerprint density at radius 3 is 3.11 bits per heavy atom. The molecule has 1 saturated heterocycles. The smallest absolute Gasteiger partial charge is 0.356 e. The van der Waals surface area contributed by atoms with Crippen LogP contribution in [-0.2, 0) is 0 Å². The molecule has 5 heteroatoms. The monoisotopic (exact) mass is 262 g/mol. The number of fused-ring (bicyclic) bond motifs is 1. The van der Waals surface area contributed by atoms with Gasteiger partial charge in [-0.3, -0.25) is 0 Å². The zero-order valence-electron chi connectivity index (χ0n) is 10.1. The number of hydrogen-bond donors (Lipinski definition) is 1. The van der Waals surface area contributed by atoms with E-state index < -0.39 is 5.97 Å². The summed E-state index contributed by atoms with van der Waals surface area (Å²) < 4.78 is 1.94. The van der Waals surface area contributed by atoms with Crippen molar-refractivity contribution in [3.05, 3.63) is 35.4 Å². The second-order valence-corrected chi connectivity index (χ2v) is 5.79. The van der Waals surface area contributed by atoms with Crippen molar-refractivity contribution in [3.63, 3.8) is 0 Å². The molecule has 0 amide bonds. The van der Waals surface area contributed by atoms with Gasteiger partial charge in [0.25, 0.3) is 0 Å². The number of imidazole rings is 1. The molecule has 0 saturated carbocycles. The van der Waals surface area contributed by atoms with Gasteiger partial charge in [0.05, 0.1) is 5.52 Å². The summed E-state index contributed by atoms with van der Waals surface area (Å²) in [6, 6.07) is 3.88. The van der Waals surface area contributed by atoms with E-state index in [4.69, 9.17) is 0 Å². The molecule has 2 aromatic heterocycles. The summed E-state index contributed by atoms with van der Waals surface area (Å²) >= 11 is 1.91. The summed E-state index contributed by atoms with van der Waals surface area (Å²) in [6.45, 7) is 1.96. The maximum atomic E-state index is 11.3. The number of carboxylic acid groups (broad SMARTS) is 1. The molecular formula is C13H14N2O2S. The maximum absolute atomic E-state index is 11.3. The predicted octanol–water partition coefficient (Wildman–Crippen LogP) is 2.56. The van der Waals surface area contributed by atoms with Crippen LogP contribution in [0.15, 0.2) is 18.3 Å². The van der Waals surface area contributed by atoms with Gasteiger partial charge in [0.2, 0.25) is 0 Å². The van der Waals surface area contributed by atoms with E-state index in [2.05, 4.69) is 4.98 Å². The molecule has 0 spiro atoms. The Kier molecular flexibility index (Phi) is 2.78. The first-order valence-corrected chi connectivity index (χ1v) is 7.12. The number of nitrogens with zero attached hydrogens (tertiary/aromatic N) is 2. The van der Waals surface area contributed by atoms with Gasteiger partial charge in [0.15, 0.2) is 5.69 Å². The zero-order chi connectivity index (χ0) is 12.7. The molecule has 0 bridgehead atoms. The highest BCUT2D eigenvalue weighted by Gasteiger charge is 2.25. The molecule has 3 rings (SSSR count). The van der Waals surface area contributed by atoms with Crippen LogP contribution in [0.4, 0.5) is 0 Å². The van der Waals surface area contributed by atoms with Crippen molar-refractivity contribution < 1.29 is 9.90 Å². The van der Waals surface area contributed by atoms with Crippen LogP contribution in [0.1, 0.15) is 34.2 Å². The summed E-state index contributed by atoms with van der Waals surface area (Å²) in [7, 11) is 0. The third-order valence-corrected chi connectivity index (χ3v) is 4.49. The number of aromatic carboxylic acids is 1. The lowest BCUT2D eigenvalue weighted by atomic mass is 10.1. The lowest BCUT2D eigenvalue weighted by Gasteiger charge is -2.07. The highest BCUT2D eigenvalue weighted by atomic mass is 32.2. The Labute approximate surface area is 109 Å². The number of hydrogen-bond acceptors (Lipinski definition) is 3. The molecular weight excluding hydrogens is 248 g/mol. The van der Waals surface area contributed by atoms with Gasteiger partial charge in [0, 0.05) is 17.9 Å². The second kappa shape index (κ2) is 4.31. The lowest BCUT2D eigenvalue weighted by molar-refractivity contribution is 0.0693. The van der Waals surface area contributed by atoms with E-state index in [1.807, 2.05) is 41.4 Å². The number of pyridine rings is 1. The quantitative estimate of drug-likeness (QED) is 0.903. The Hall–Kier alpha value is -1.49. The minimum absolute atomic E-state index is 0.172. The third-order valence-electron chi connectivity index (χ3n) is 3.32. The van der Waals surface area contributed by atoms with Gasteiger partial charge >= 0.3 is 5.97 Å². The van der Waals surface area contributed by atoms with Crippen molar-refractivity contribution in [2.75, 3.05) is 11.5 Å². The van der Waals surface area contributed by atoms with Crippen LogP contribution in [0.5, 0.6) is 0 Å². The average molecular weight is 262 g/mol. The van der Waals surface area contributed by atoms with Crippen LogP contribution in [0, 0.1) is 6.92 Å². The third kappa shape index (κ3) is 1.79. The molecule has 1 aliphatic heterocycles. The minimum Gasteiger partial charge on any atom is -0.476 e. The Bertz CT molecular complexity index is 615. The lowest BCUT2D eigenvalue weighted by Crippen LogP contribution is -2.03. The fourth-order valence-electron chi connectivity index (χ4n) is 2.40. The molecule has 18 heavy (non-hydrogen) atoms. The fraction of sp³-hybridized carbons (Fsp3) is 0.385. The van der Waals surface area contributed by atoms with Gasteiger partial charge in [-0.25, -0.2) is 9.78 Å². The van der Waals surface area contributed by atoms with E-state index in [1.54, 1.807) is 0 Å². The van der Waals surface area contributed by atoms with Crippen molar-refractivity contribution in [1.29, 1.82) is 0 Å². The van der Waals surface area contributed by atoms with Crippen molar-refractivity contribution >= 4 is 23.2 Å². The van der Waals surface area contributed by atoms with E-state index >= 15 is 0 Å². The van der Waals surface area contributed by atoms with Gasteiger partial charge in [0.1, 0.15) is 5.82 Å². The van der Waals surface area contributed by atoms with Crippen LogP contribution >= 0.6 is 11.8 Å². The number of aryl methyl sites for hydroxylation is 1. The van der Waals surface area contributed by atoms with Crippen LogP contribution < -0.4 is 0 Å². The fourth-order valence-corrected chi connectivity index (χ4v) is 3.62. The van der Waals surface area contributed by atoms with Gasteiger partial charge in [-0.2, -0.15) is 11.8 Å². The number of rotatable bonds is 2. The minimum atomic E-state index is -0.949. The topological polar surface area (TPSA) is 54.6 Å². The molecule has 3 heterocycles. The highest BCUT2D eigenvalue weighted by Crippen LogP contribution is 2.33. The summed E-state index contributed by atoms with van der Waals surface area (Å²) in [6.07, 6.45) is 3.01. The van der Waals surface area contributed by atoms with Crippen LogP contribution in [-0.4, -0.2) is 32.0 Å². The molecule has 0 aromatic carbocycles. The maximum Gasteiger partial charge on any atom is 0.356 e. The van der Waals surface area contributed by atoms with E-state index in [0.29, 0.717) is 11.4 Å². The number of thioether (sulfide) groups is 1. The number of carboxylic acids is 1. The van der Waals surface area contributed by atoms with Gasteiger partial charge < -0.3 is 9.51 Å². The molecule has 1 N–H and O–H groups in total. The van der Waals surface area contributed by atoms with Crippen molar-refractivity contribution in [1.82, 2.24) is 9.38 Å². The van der Waals surface area contributed by atoms with Crippen LogP contribution in [0.3, 0.4) is 0 Å². The van der Waals surface area contributed by atoms with Crippen molar-refractivity contribution in [2.45, 2.75) is 19.3 Å². The molecule has 2 aromatic rings. The molecule has 1 fully saturated rings. The Morgan fingerprint density at radius 1 is 1.61 bits per heavy atom. The molecule has 4 nitrogen and oxygen atoms in total. The van der Waals surface area contributed by atoms with E-state index in [9.17, 15) is 9.90 Å². The van der Waals surface area contributed by atoms with Crippen LogP contribution in [0.25, 0.3) is 5.52 Å². The normalized spacial score (nSPS) is 19.5.